The third-order valence-electron chi connectivity index (χ3n) is 5.78. The summed E-state index contributed by atoms with van der Waals surface area (Å²) in [4.78, 5) is 9.18. The molecule has 6 nitrogen and oxygen atoms in total. The summed E-state index contributed by atoms with van der Waals surface area (Å²) in [7, 11) is 0. The van der Waals surface area contributed by atoms with E-state index < -0.39 is 0 Å². The maximum atomic E-state index is 5.82. The number of hydrogen-bond donors (Lipinski definition) is 0. The molecule has 1 aliphatic heterocycles. The molecule has 1 saturated heterocycles. The number of rotatable bonds is 5. The van der Waals surface area contributed by atoms with Crippen molar-refractivity contribution in [3.8, 4) is 11.4 Å². The molecule has 3 heterocycles. The van der Waals surface area contributed by atoms with E-state index in [-0.39, 0.29) is 0 Å². The Morgan fingerprint density at radius 3 is 2.59 bits per heavy atom. The standard InChI is InChI=1S/C22H26N6S/c1-17-4-2-6-20(14-17)26-12-10-25(11-13-26)16-27-22(29)28(19-7-8-19)21(24-27)18-5-3-9-23-15-18/h2-6,9,14-15,19H,7-8,10-13,16H2,1H3. The number of aryl methyl sites for hydroxylation is 1. The summed E-state index contributed by atoms with van der Waals surface area (Å²) in [6, 6.07) is 13.3. The van der Waals surface area contributed by atoms with Crippen molar-refractivity contribution in [1.82, 2.24) is 24.2 Å². The summed E-state index contributed by atoms with van der Waals surface area (Å²) in [5.74, 6) is 0.948. The predicted octanol–water partition coefficient (Wildman–Crippen LogP) is 3.90. The van der Waals surface area contributed by atoms with Crippen molar-refractivity contribution < 1.29 is 0 Å². The van der Waals surface area contributed by atoms with Gasteiger partial charge in [0.25, 0.3) is 0 Å². The summed E-state index contributed by atoms with van der Waals surface area (Å²) in [5.41, 5.74) is 3.66. The van der Waals surface area contributed by atoms with Crippen LogP contribution < -0.4 is 4.90 Å². The van der Waals surface area contributed by atoms with Gasteiger partial charge in [0.1, 0.15) is 0 Å². The molecule has 0 radical (unpaired) electrons. The van der Waals surface area contributed by atoms with Gasteiger partial charge in [0, 0.05) is 55.9 Å². The summed E-state index contributed by atoms with van der Waals surface area (Å²) in [6.45, 7) is 6.96. The largest absolute Gasteiger partial charge is 0.369 e. The van der Waals surface area contributed by atoms with E-state index in [0.717, 1.165) is 49.0 Å². The van der Waals surface area contributed by atoms with Crippen molar-refractivity contribution >= 4 is 17.9 Å². The Morgan fingerprint density at radius 2 is 1.90 bits per heavy atom. The third-order valence-corrected chi connectivity index (χ3v) is 6.18. The molecule has 150 valence electrons. The Morgan fingerprint density at radius 1 is 1.07 bits per heavy atom. The minimum atomic E-state index is 0.490. The Hall–Kier alpha value is -2.51. The summed E-state index contributed by atoms with van der Waals surface area (Å²) < 4.78 is 5.06. The van der Waals surface area contributed by atoms with Crippen molar-refractivity contribution in [3.63, 3.8) is 0 Å². The number of benzene rings is 1. The minimum absolute atomic E-state index is 0.490. The van der Waals surface area contributed by atoms with E-state index in [4.69, 9.17) is 17.3 Å². The van der Waals surface area contributed by atoms with Gasteiger partial charge >= 0.3 is 0 Å². The van der Waals surface area contributed by atoms with E-state index in [0.29, 0.717) is 6.04 Å². The lowest BCUT2D eigenvalue weighted by molar-refractivity contribution is 0.194. The Balaban J connectivity index is 1.32. The highest BCUT2D eigenvalue weighted by Gasteiger charge is 2.29. The zero-order valence-electron chi connectivity index (χ0n) is 16.7. The molecule has 2 aliphatic rings. The predicted molar refractivity (Wildman–Crippen MR) is 118 cm³/mol. The highest BCUT2D eigenvalue weighted by atomic mass is 32.1. The molecule has 0 unspecified atom stereocenters. The lowest BCUT2D eigenvalue weighted by Crippen LogP contribution is -2.47. The molecule has 0 bridgehead atoms. The maximum Gasteiger partial charge on any atom is 0.199 e. The van der Waals surface area contributed by atoms with Gasteiger partial charge in [-0.3, -0.25) is 14.5 Å². The monoisotopic (exact) mass is 406 g/mol. The highest BCUT2D eigenvalue weighted by molar-refractivity contribution is 7.71. The van der Waals surface area contributed by atoms with Crippen LogP contribution in [0.5, 0.6) is 0 Å². The van der Waals surface area contributed by atoms with Gasteiger partial charge in [-0.2, -0.15) is 5.10 Å². The van der Waals surface area contributed by atoms with Crippen molar-refractivity contribution in [3.05, 3.63) is 59.1 Å². The van der Waals surface area contributed by atoms with E-state index >= 15 is 0 Å². The first-order chi connectivity index (χ1) is 14.2. The number of nitrogens with zero attached hydrogens (tertiary/aromatic N) is 6. The molecular formula is C22H26N6S. The van der Waals surface area contributed by atoms with Crippen LogP contribution in [0.4, 0.5) is 5.69 Å². The fraction of sp³-hybridized carbons (Fsp3) is 0.409. The van der Waals surface area contributed by atoms with Crippen LogP contribution in [0.1, 0.15) is 24.4 Å². The normalized spacial score (nSPS) is 17.6. The molecular weight excluding hydrogens is 380 g/mol. The minimum Gasteiger partial charge on any atom is -0.369 e. The summed E-state index contributed by atoms with van der Waals surface area (Å²) in [5, 5.41) is 4.90. The topological polar surface area (TPSA) is 42.1 Å². The van der Waals surface area contributed by atoms with Gasteiger partial charge in [0.05, 0.1) is 6.67 Å². The average molecular weight is 407 g/mol. The molecule has 1 saturated carbocycles. The van der Waals surface area contributed by atoms with Gasteiger partial charge in [-0.25, -0.2) is 4.68 Å². The maximum absolute atomic E-state index is 5.82. The SMILES string of the molecule is Cc1cccc(N2CCN(Cn3nc(-c4cccnc4)n(C4CC4)c3=S)CC2)c1. The molecule has 7 heteroatoms. The number of aromatic nitrogens is 4. The van der Waals surface area contributed by atoms with E-state index in [2.05, 4.69) is 56.6 Å². The molecule has 0 amide bonds. The fourth-order valence-electron chi connectivity index (χ4n) is 4.03. The highest BCUT2D eigenvalue weighted by Crippen LogP contribution is 2.38. The lowest BCUT2D eigenvalue weighted by Gasteiger charge is -2.36. The molecule has 29 heavy (non-hydrogen) atoms. The molecule has 0 N–H and O–H groups in total. The number of piperazine rings is 1. The first-order valence-electron chi connectivity index (χ1n) is 10.3. The zero-order valence-corrected chi connectivity index (χ0v) is 17.6. The second-order valence-electron chi connectivity index (χ2n) is 8.03. The second kappa shape index (κ2) is 7.72. The van der Waals surface area contributed by atoms with Crippen molar-refractivity contribution in [2.24, 2.45) is 0 Å². The molecule has 3 aromatic rings. The quantitative estimate of drug-likeness (QED) is 0.601. The first kappa shape index (κ1) is 18.5. The molecule has 1 aromatic carbocycles. The Labute approximate surface area is 176 Å². The number of anilines is 1. The van der Waals surface area contributed by atoms with Crippen LogP contribution in [0.2, 0.25) is 0 Å². The smallest absolute Gasteiger partial charge is 0.199 e. The number of hydrogen-bond acceptors (Lipinski definition) is 5. The Kier molecular flexibility index (Phi) is 4.93. The number of pyridine rings is 1. The van der Waals surface area contributed by atoms with E-state index in [1.807, 2.05) is 16.9 Å². The Bertz CT molecular complexity index is 1040. The van der Waals surface area contributed by atoms with Gasteiger partial charge in [0.2, 0.25) is 0 Å². The molecule has 2 aromatic heterocycles. The van der Waals surface area contributed by atoms with Gasteiger partial charge in [-0.05, 0) is 61.8 Å². The molecule has 1 aliphatic carbocycles. The van der Waals surface area contributed by atoms with Gasteiger partial charge in [-0.15, -0.1) is 0 Å². The fourth-order valence-corrected chi connectivity index (χ4v) is 4.36. The van der Waals surface area contributed by atoms with Gasteiger partial charge in [0.15, 0.2) is 10.6 Å². The van der Waals surface area contributed by atoms with Crippen LogP contribution in [0.15, 0.2) is 48.8 Å². The lowest BCUT2D eigenvalue weighted by atomic mass is 10.2. The molecule has 0 spiro atoms. The molecule has 0 atom stereocenters. The van der Waals surface area contributed by atoms with E-state index in [9.17, 15) is 0 Å². The van der Waals surface area contributed by atoms with Crippen molar-refractivity contribution in [2.75, 3.05) is 31.1 Å². The summed E-state index contributed by atoms with van der Waals surface area (Å²) >= 11 is 5.82. The van der Waals surface area contributed by atoms with Crippen molar-refractivity contribution in [2.45, 2.75) is 32.5 Å². The zero-order chi connectivity index (χ0) is 19.8. The molecule has 5 rings (SSSR count). The summed E-state index contributed by atoms with van der Waals surface area (Å²) in [6.07, 6.45) is 6.04. The molecule has 2 fully saturated rings. The van der Waals surface area contributed by atoms with E-state index in [1.54, 1.807) is 6.20 Å². The van der Waals surface area contributed by atoms with E-state index in [1.165, 1.54) is 24.1 Å². The van der Waals surface area contributed by atoms with Gasteiger partial charge < -0.3 is 4.90 Å². The second-order valence-corrected chi connectivity index (χ2v) is 8.40. The van der Waals surface area contributed by atoms with Crippen LogP contribution in [0, 0.1) is 11.7 Å². The first-order valence-corrected chi connectivity index (χ1v) is 10.7. The van der Waals surface area contributed by atoms with Crippen LogP contribution in [0.25, 0.3) is 11.4 Å². The van der Waals surface area contributed by atoms with Crippen LogP contribution in [-0.2, 0) is 6.67 Å². The van der Waals surface area contributed by atoms with Crippen LogP contribution in [-0.4, -0.2) is 50.4 Å². The average Bonchev–Trinajstić information content (AvgIpc) is 3.54. The third kappa shape index (κ3) is 3.84. The van der Waals surface area contributed by atoms with Crippen LogP contribution >= 0.6 is 12.2 Å². The van der Waals surface area contributed by atoms with Crippen molar-refractivity contribution in [1.29, 1.82) is 0 Å². The van der Waals surface area contributed by atoms with Gasteiger partial charge in [-0.1, -0.05) is 12.1 Å². The van der Waals surface area contributed by atoms with Crippen LogP contribution in [0.3, 0.4) is 0 Å².